The van der Waals surface area contributed by atoms with Gasteiger partial charge in [0, 0.05) is 36.0 Å². The number of nitrogens with zero attached hydrogens (tertiary/aromatic N) is 1. The Morgan fingerprint density at radius 2 is 1.62 bits per heavy atom. The molecule has 0 saturated heterocycles. The molecule has 1 N–H and O–H groups in total. The fraction of sp³-hybridized carbons (Fsp3) is 0.208. The Hall–Kier alpha value is -2.95. The van der Waals surface area contributed by atoms with Crippen molar-refractivity contribution in [3.05, 3.63) is 89.4 Å². The zero-order valence-corrected chi connectivity index (χ0v) is 17.3. The molecule has 1 aromatic heterocycles. The topological polar surface area (TPSA) is 18.8 Å². The van der Waals surface area contributed by atoms with E-state index in [9.17, 15) is 8.63 Å². The number of benzene rings is 1. The zero-order chi connectivity index (χ0) is 21.1. The fourth-order valence-electron chi connectivity index (χ4n) is 2.98. The Kier molecular flexibility index (Phi) is 9.09. The molecule has 0 fully saturated rings. The number of hydrogen-bond acceptors (Lipinski definition) is 0. The molecule has 0 saturated carbocycles. The first kappa shape index (κ1) is 22.3. The van der Waals surface area contributed by atoms with Crippen LogP contribution in [0.2, 0.25) is 0 Å². The van der Waals surface area contributed by atoms with Crippen LogP contribution in [0.15, 0.2) is 72.5 Å². The number of aromatic amines is 1. The molecule has 29 heavy (non-hydrogen) atoms. The van der Waals surface area contributed by atoms with Crippen LogP contribution in [-0.4, -0.2) is 22.6 Å². The molecule has 0 amide bonds. The van der Waals surface area contributed by atoms with E-state index >= 15 is 0 Å². The van der Waals surface area contributed by atoms with Crippen molar-refractivity contribution in [2.75, 3.05) is 0 Å². The summed E-state index contributed by atoms with van der Waals surface area (Å²) in [5, 5.41) is 0. The molecule has 5 heteroatoms. The van der Waals surface area contributed by atoms with Crippen LogP contribution in [0.3, 0.4) is 0 Å². The van der Waals surface area contributed by atoms with Gasteiger partial charge in [0.05, 0.1) is 0 Å². The summed E-state index contributed by atoms with van der Waals surface area (Å²) in [5.74, 6) is 0. The molecular formula is C24H28BF2N2+. The van der Waals surface area contributed by atoms with Crippen LogP contribution in [0.5, 0.6) is 0 Å². The van der Waals surface area contributed by atoms with E-state index in [1.54, 1.807) is 18.2 Å². The molecular weight excluding hydrogens is 365 g/mol. The van der Waals surface area contributed by atoms with E-state index in [2.05, 4.69) is 4.98 Å². The predicted molar refractivity (Wildman–Crippen MR) is 122 cm³/mol. The van der Waals surface area contributed by atoms with E-state index in [1.165, 1.54) is 0 Å². The van der Waals surface area contributed by atoms with Crippen molar-refractivity contribution in [3.63, 3.8) is 0 Å². The van der Waals surface area contributed by atoms with Crippen LogP contribution >= 0.6 is 0 Å². The van der Waals surface area contributed by atoms with E-state index in [-0.39, 0.29) is 0 Å². The molecule has 1 aliphatic heterocycles. The van der Waals surface area contributed by atoms with Crippen LogP contribution in [0.4, 0.5) is 8.63 Å². The van der Waals surface area contributed by atoms with E-state index in [0.717, 1.165) is 27.9 Å². The Labute approximate surface area is 172 Å². The molecule has 3 rings (SSSR count). The molecule has 0 unspecified atom stereocenters. The Morgan fingerprint density at radius 1 is 0.931 bits per heavy atom. The number of allylic oxidation sites excluding steroid dienone is 4. The van der Waals surface area contributed by atoms with Gasteiger partial charge in [-0.2, -0.15) is 0 Å². The van der Waals surface area contributed by atoms with Crippen LogP contribution in [0.25, 0.3) is 18.2 Å². The third kappa shape index (κ3) is 6.56. The maximum Gasteiger partial charge on any atom is 0.934 e. The highest BCUT2D eigenvalue weighted by molar-refractivity contribution is 6.35. The minimum absolute atomic E-state index is 0.509. The average molecular weight is 393 g/mol. The van der Waals surface area contributed by atoms with Gasteiger partial charge in [0.25, 0.3) is 0 Å². The van der Waals surface area contributed by atoms with Crippen LogP contribution in [0, 0.1) is 0 Å². The first-order valence-electron chi connectivity index (χ1n) is 10.1. The minimum atomic E-state index is -2.54. The van der Waals surface area contributed by atoms with Gasteiger partial charge in [-0.05, 0) is 30.2 Å². The van der Waals surface area contributed by atoms with Gasteiger partial charge < -0.3 is 4.98 Å². The SMILES string of the molecule is CC.CCCC1=[N+](B(F)F)/C(=C\c2ccc(/C=C/C=C/c3ccccc3)[nH]2)C=C1. The van der Waals surface area contributed by atoms with Gasteiger partial charge in [-0.25, -0.2) is 13.1 Å². The number of H-pyrrole nitrogens is 1. The van der Waals surface area contributed by atoms with E-state index in [0.29, 0.717) is 17.8 Å². The van der Waals surface area contributed by atoms with E-state index in [4.69, 9.17) is 0 Å². The third-order valence-corrected chi connectivity index (χ3v) is 4.25. The molecule has 0 atom stereocenters. The lowest BCUT2D eigenvalue weighted by Gasteiger charge is -1.99. The van der Waals surface area contributed by atoms with Crippen molar-refractivity contribution in [2.24, 2.45) is 0 Å². The van der Waals surface area contributed by atoms with Crippen molar-refractivity contribution in [3.8, 4) is 0 Å². The lowest BCUT2D eigenvalue weighted by molar-refractivity contribution is -0.342. The highest BCUT2D eigenvalue weighted by Crippen LogP contribution is 2.18. The molecule has 2 aromatic rings. The predicted octanol–water partition coefficient (Wildman–Crippen LogP) is 6.86. The number of rotatable bonds is 7. The molecule has 1 aromatic carbocycles. The summed E-state index contributed by atoms with van der Waals surface area (Å²) in [5.41, 5.74) is 4.03. The number of halogens is 2. The van der Waals surface area contributed by atoms with Crippen LogP contribution in [0.1, 0.15) is 50.6 Å². The molecule has 2 nitrogen and oxygen atoms in total. The number of aromatic nitrogens is 1. The molecule has 1 aliphatic rings. The first-order valence-corrected chi connectivity index (χ1v) is 10.1. The van der Waals surface area contributed by atoms with Crippen molar-refractivity contribution in [1.29, 1.82) is 0 Å². The summed E-state index contributed by atoms with van der Waals surface area (Å²) in [7, 11) is -2.54. The highest BCUT2D eigenvalue weighted by Gasteiger charge is 2.41. The van der Waals surface area contributed by atoms with Gasteiger partial charge >= 0.3 is 7.40 Å². The van der Waals surface area contributed by atoms with Gasteiger partial charge in [0.1, 0.15) is 0 Å². The number of hydrogen-bond donors (Lipinski definition) is 1. The lowest BCUT2D eigenvalue weighted by atomic mass is 10.1. The Bertz CT molecular complexity index is 919. The van der Waals surface area contributed by atoms with Gasteiger partial charge in [-0.3, -0.25) is 0 Å². The molecule has 0 spiro atoms. The summed E-state index contributed by atoms with van der Waals surface area (Å²) < 4.78 is 27.9. The molecule has 0 radical (unpaired) electrons. The minimum Gasteiger partial charge on any atom is -0.355 e. The number of nitrogens with one attached hydrogen (secondary N) is 1. The summed E-state index contributed by atoms with van der Waals surface area (Å²) in [4.78, 5) is 3.23. The van der Waals surface area contributed by atoms with Crippen molar-refractivity contribution in [1.82, 2.24) is 4.98 Å². The maximum atomic E-state index is 13.4. The van der Waals surface area contributed by atoms with Crippen molar-refractivity contribution < 1.29 is 13.1 Å². The Morgan fingerprint density at radius 3 is 2.31 bits per heavy atom. The summed E-state index contributed by atoms with van der Waals surface area (Å²) in [6.07, 6.45) is 14.7. The average Bonchev–Trinajstić information content (AvgIpc) is 3.35. The second-order valence-electron chi connectivity index (χ2n) is 6.29. The van der Waals surface area contributed by atoms with E-state index in [1.807, 2.05) is 87.5 Å². The standard InChI is InChI=1S/C22H21BF2N2.C2H6/c1-2-8-21-15-16-22(27(21)23(24)25)17-20-14-13-19(26-20)12-7-6-11-18-9-4-3-5-10-18;1-2/h3-7,9-17H,2,8H2,1H3;1-2H3/p+1/b11-6+,12-7+;. The molecule has 2 heterocycles. The molecule has 0 bridgehead atoms. The summed E-state index contributed by atoms with van der Waals surface area (Å²) in [6.45, 7) is 5.99. The zero-order valence-electron chi connectivity index (χ0n) is 17.3. The third-order valence-electron chi connectivity index (χ3n) is 4.25. The second kappa shape index (κ2) is 11.8. The van der Waals surface area contributed by atoms with Crippen molar-refractivity contribution in [2.45, 2.75) is 33.6 Å². The normalized spacial score (nSPS) is 14.9. The van der Waals surface area contributed by atoms with Crippen molar-refractivity contribution >= 4 is 31.3 Å². The monoisotopic (exact) mass is 393 g/mol. The Balaban J connectivity index is 0.00000145. The quantitative estimate of drug-likeness (QED) is 0.392. The van der Waals surface area contributed by atoms with E-state index < -0.39 is 7.40 Å². The highest BCUT2D eigenvalue weighted by atomic mass is 19.2. The second-order valence-corrected chi connectivity index (χ2v) is 6.29. The smallest absolute Gasteiger partial charge is 0.355 e. The summed E-state index contributed by atoms with van der Waals surface area (Å²) >= 11 is 0. The van der Waals surface area contributed by atoms with Gasteiger partial charge in [0.2, 0.25) is 0 Å². The molecule has 0 aliphatic carbocycles. The summed E-state index contributed by atoms with van der Waals surface area (Å²) in [6, 6.07) is 13.9. The van der Waals surface area contributed by atoms with Gasteiger partial charge in [-0.1, -0.05) is 69.3 Å². The van der Waals surface area contributed by atoms with Crippen LogP contribution in [-0.2, 0) is 0 Å². The maximum absolute atomic E-state index is 13.4. The lowest BCUT2D eigenvalue weighted by Crippen LogP contribution is -2.24. The van der Waals surface area contributed by atoms with Gasteiger partial charge in [-0.15, -0.1) is 0 Å². The van der Waals surface area contributed by atoms with Gasteiger partial charge in [0.15, 0.2) is 11.4 Å². The fourth-order valence-corrected chi connectivity index (χ4v) is 2.98. The first-order chi connectivity index (χ1) is 14.2. The largest absolute Gasteiger partial charge is 0.934 e. The van der Waals surface area contributed by atoms with Crippen LogP contribution < -0.4 is 0 Å². The molecule has 150 valence electrons.